The molecule has 8 nitrogen and oxygen atoms in total. The number of fused-ring (bicyclic) bond motifs is 1. The summed E-state index contributed by atoms with van der Waals surface area (Å²) in [6.07, 6.45) is 1.57. The number of hydrogen-bond acceptors (Lipinski definition) is 8. The molecule has 8 heteroatoms. The lowest BCUT2D eigenvalue weighted by atomic mass is 10.1. The van der Waals surface area contributed by atoms with E-state index in [1.54, 1.807) is 6.33 Å². The van der Waals surface area contributed by atoms with Crippen LogP contribution >= 0.6 is 0 Å². The molecule has 1 aromatic heterocycles. The predicted molar refractivity (Wildman–Crippen MR) is 121 cm³/mol. The van der Waals surface area contributed by atoms with E-state index in [1.807, 2.05) is 18.2 Å². The molecule has 0 bridgehead atoms. The molecule has 3 aromatic rings. The molecule has 3 heterocycles. The molecule has 2 aromatic carbocycles. The number of hydrogen-bond donors (Lipinski definition) is 2. The Bertz CT molecular complexity index is 1060. The van der Waals surface area contributed by atoms with Crippen molar-refractivity contribution in [3.63, 3.8) is 0 Å². The summed E-state index contributed by atoms with van der Waals surface area (Å²) in [7, 11) is 0. The highest BCUT2D eigenvalue weighted by Crippen LogP contribution is 2.33. The van der Waals surface area contributed by atoms with E-state index < -0.39 is 0 Å². The van der Waals surface area contributed by atoms with Gasteiger partial charge >= 0.3 is 0 Å². The number of nitrogens with zero attached hydrogens (tertiary/aromatic N) is 4. The van der Waals surface area contributed by atoms with Crippen LogP contribution < -0.4 is 25.4 Å². The fraction of sp³-hybridized carbons (Fsp3) is 0.304. The molecule has 0 amide bonds. The normalized spacial score (nSPS) is 15.8. The Morgan fingerprint density at radius 1 is 0.968 bits per heavy atom. The van der Waals surface area contributed by atoms with Gasteiger partial charge in [0.1, 0.15) is 12.0 Å². The number of nitrogen functional groups attached to an aromatic ring is 1. The number of ether oxygens (including phenoxy) is 2. The van der Waals surface area contributed by atoms with Gasteiger partial charge in [-0.05, 0) is 36.8 Å². The van der Waals surface area contributed by atoms with Gasteiger partial charge in [0.05, 0.1) is 0 Å². The van der Waals surface area contributed by atoms with Crippen molar-refractivity contribution in [2.75, 3.05) is 48.9 Å². The summed E-state index contributed by atoms with van der Waals surface area (Å²) in [5.74, 6) is 3.07. The molecule has 0 radical (unpaired) electrons. The molecular weight excluding hydrogens is 392 g/mol. The maximum absolute atomic E-state index is 6.43. The van der Waals surface area contributed by atoms with Gasteiger partial charge < -0.3 is 25.4 Å². The number of anilines is 4. The van der Waals surface area contributed by atoms with Crippen LogP contribution in [0.4, 0.5) is 23.0 Å². The quantitative estimate of drug-likeness (QED) is 0.653. The van der Waals surface area contributed by atoms with E-state index in [9.17, 15) is 0 Å². The first-order chi connectivity index (χ1) is 15.2. The van der Waals surface area contributed by atoms with Gasteiger partial charge in [-0.1, -0.05) is 23.8 Å². The number of nitrogens with two attached hydrogens (primary N) is 1. The van der Waals surface area contributed by atoms with Crippen molar-refractivity contribution in [1.29, 1.82) is 0 Å². The van der Waals surface area contributed by atoms with E-state index in [4.69, 9.17) is 15.2 Å². The molecule has 0 saturated carbocycles. The number of rotatable bonds is 5. The molecule has 0 aliphatic carbocycles. The molecule has 160 valence electrons. The second-order valence-corrected chi connectivity index (χ2v) is 7.90. The van der Waals surface area contributed by atoms with Crippen LogP contribution in [0.5, 0.6) is 11.5 Å². The lowest BCUT2D eigenvalue weighted by Gasteiger charge is -2.36. The average molecular weight is 419 g/mol. The van der Waals surface area contributed by atoms with Crippen molar-refractivity contribution in [2.45, 2.75) is 13.5 Å². The SMILES string of the molecule is Cc1ccc(Nc2ncnc(N3CCN(Cc4ccc5c(c4)OCO5)CC3)c2N)cc1. The van der Waals surface area contributed by atoms with Crippen LogP contribution in [0.2, 0.25) is 0 Å². The summed E-state index contributed by atoms with van der Waals surface area (Å²) in [4.78, 5) is 13.5. The third-order valence-corrected chi connectivity index (χ3v) is 5.69. The second-order valence-electron chi connectivity index (χ2n) is 7.90. The Balaban J connectivity index is 1.22. The molecular formula is C23H26N6O2. The molecule has 3 N–H and O–H groups in total. The first-order valence-corrected chi connectivity index (χ1v) is 10.5. The zero-order chi connectivity index (χ0) is 21.2. The zero-order valence-corrected chi connectivity index (χ0v) is 17.5. The van der Waals surface area contributed by atoms with Gasteiger partial charge in [-0.25, -0.2) is 9.97 Å². The van der Waals surface area contributed by atoms with Gasteiger partial charge in [-0.3, -0.25) is 4.90 Å². The van der Waals surface area contributed by atoms with Crippen LogP contribution in [0.25, 0.3) is 0 Å². The Hall–Kier alpha value is -3.52. The zero-order valence-electron chi connectivity index (χ0n) is 17.5. The van der Waals surface area contributed by atoms with Crippen LogP contribution in [-0.2, 0) is 6.54 Å². The number of piperazine rings is 1. The maximum atomic E-state index is 6.43. The molecule has 2 aliphatic rings. The minimum Gasteiger partial charge on any atom is -0.454 e. The third-order valence-electron chi connectivity index (χ3n) is 5.69. The van der Waals surface area contributed by atoms with Crippen molar-refractivity contribution in [3.05, 3.63) is 59.9 Å². The van der Waals surface area contributed by atoms with Gasteiger partial charge in [-0.2, -0.15) is 0 Å². The highest BCUT2D eigenvalue weighted by molar-refractivity contribution is 5.78. The van der Waals surface area contributed by atoms with Gasteiger partial charge in [0.15, 0.2) is 23.1 Å². The van der Waals surface area contributed by atoms with E-state index in [2.05, 4.69) is 56.3 Å². The molecule has 31 heavy (non-hydrogen) atoms. The van der Waals surface area contributed by atoms with Crippen molar-refractivity contribution >= 4 is 23.0 Å². The Morgan fingerprint density at radius 2 is 1.74 bits per heavy atom. The molecule has 1 fully saturated rings. The van der Waals surface area contributed by atoms with Crippen molar-refractivity contribution in [1.82, 2.24) is 14.9 Å². The van der Waals surface area contributed by atoms with Crippen molar-refractivity contribution in [2.24, 2.45) is 0 Å². The number of aryl methyl sites for hydroxylation is 1. The lowest BCUT2D eigenvalue weighted by molar-refractivity contribution is 0.174. The monoisotopic (exact) mass is 418 g/mol. The molecule has 0 atom stereocenters. The summed E-state index contributed by atoms with van der Waals surface area (Å²) < 4.78 is 10.9. The predicted octanol–water partition coefficient (Wildman–Crippen LogP) is 3.16. The highest BCUT2D eigenvalue weighted by Gasteiger charge is 2.22. The van der Waals surface area contributed by atoms with Gasteiger partial charge in [0, 0.05) is 38.4 Å². The third kappa shape index (κ3) is 4.20. The van der Waals surface area contributed by atoms with Gasteiger partial charge in [0.2, 0.25) is 6.79 Å². The van der Waals surface area contributed by atoms with Crippen LogP contribution in [0, 0.1) is 6.92 Å². The van der Waals surface area contributed by atoms with E-state index in [1.165, 1.54) is 11.1 Å². The fourth-order valence-electron chi connectivity index (χ4n) is 3.93. The number of benzene rings is 2. The number of aromatic nitrogens is 2. The van der Waals surface area contributed by atoms with E-state index in [-0.39, 0.29) is 0 Å². The summed E-state index contributed by atoms with van der Waals surface area (Å²) in [5.41, 5.74) is 10.4. The maximum Gasteiger partial charge on any atom is 0.231 e. The van der Waals surface area contributed by atoms with E-state index in [0.717, 1.165) is 55.7 Å². The topological polar surface area (TPSA) is 88.8 Å². The fourth-order valence-corrected chi connectivity index (χ4v) is 3.93. The van der Waals surface area contributed by atoms with E-state index >= 15 is 0 Å². The van der Waals surface area contributed by atoms with E-state index in [0.29, 0.717) is 18.3 Å². The highest BCUT2D eigenvalue weighted by atomic mass is 16.7. The van der Waals surface area contributed by atoms with Crippen molar-refractivity contribution < 1.29 is 9.47 Å². The Kier molecular flexibility index (Phi) is 5.21. The smallest absolute Gasteiger partial charge is 0.231 e. The van der Waals surface area contributed by atoms with Crippen LogP contribution in [0.15, 0.2) is 48.8 Å². The Labute approximate surface area is 181 Å². The minimum absolute atomic E-state index is 0.304. The van der Waals surface area contributed by atoms with Crippen LogP contribution in [0.3, 0.4) is 0 Å². The summed E-state index contributed by atoms with van der Waals surface area (Å²) in [6.45, 7) is 6.82. The second kappa shape index (κ2) is 8.31. The minimum atomic E-state index is 0.304. The molecule has 0 spiro atoms. The van der Waals surface area contributed by atoms with Gasteiger partial charge in [0.25, 0.3) is 0 Å². The molecule has 5 rings (SSSR count). The largest absolute Gasteiger partial charge is 0.454 e. The van der Waals surface area contributed by atoms with Crippen molar-refractivity contribution in [3.8, 4) is 11.5 Å². The van der Waals surface area contributed by atoms with Crippen LogP contribution in [0.1, 0.15) is 11.1 Å². The lowest BCUT2D eigenvalue weighted by Crippen LogP contribution is -2.46. The van der Waals surface area contributed by atoms with Gasteiger partial charge in [-0.15, -0.1) is 0 Å². The molecule has 2 aliphatic heterocycles. The van der Waals surface area contributed by atoms with Crippen LogP contribution in [-0.4, -0.2) is 47.8 Å². The first kappa shape index (κ1) is 19.4. The summed E-state index contributed by atoms with van der Waals surface area (Å²) >= 11 is 0. The average Bonchev–Trinajstić information content (AvgIpc) is 3.25. The molecule has 0 unspecified atom stereocenters. The standard InChI is InChI=1S/C23H26N6O2/c1-16-2-5-18(6-3-16)27-22-21(24)23(26-14-25-22)29-10-8-28(9-11-29)13-17-4-7-19-20(12-17)31-15-30-19/h2-7,12,14H,8-11,13,15,24H2,1H3,(H,25,26,27). The summed E-state index contributed by atoms with van der Waals surface area (Å²) in [5, 5.41) is 3.31. The Morgan fingerprint density at radius 3 is 2.55 bits per heavy atom. The summed E-state index contributed by atoms with van der Waals surface area (Å²) in [6, 6.07) is 14.3. The molecule has 1 saturated heterocycles. The number of nitrogens with one attached hydrogen (secondary N) is 1. The first-order valence-electron chi connectivity index (χ1n) is 10.5.